The highest BCUT2D eigenvalue weighted by atomic mass is 16.3. The third kappa shape index (κ3) is 1.48. The first-order valence-electron chi connectivity index (χ1n) is 7.64. The molecule has 0 bridgehead atoms. The third-order valence-electron chi connectivity index (χ3n) is 6.01. The van der Waals surface area contributed by atoms with Crippen LogP contribution >= 0.6 is 0 Å². The maximum atomic E-state index is 12.2. The Balaban J connectivity index is 1.77. The van der Waals surface area contributed by atoms with Crippen molar-refractivity contribution in [1.82, 2.24) is 0 Å². The molecule has 1 N–H and O–H groups in total. The Morgan fingerprint density at radius 3 is 3.00 bits per heavy atom. The second-order valence-corrected chi connectivity index (χ2v) is 6.88. The molecule has 0 radical (unpaired) electrons. The highest BCUT2D eigenvalue weighted by Crippen LogP contribution is 2.58. The van der Waals surface area contributed by atoms with E-state index in [0.717, 1.165) is 31.2 Å². The summed E-state index contributed by atoms with van der Waals surface area (Å²) in [5.74, 6) is 2.35. The molecule has 0 unspecified atom stereocenters. The number of carbonyl (C=O) groups is 1. The van der Waals surface area contributed by atoms with Crippen molar-refractivity contribution in [2.24, 2.45) is 17.3 Å². The number of ketones is 1. The number of phenols is 1. The van der Waals surface area contributed by atoms with Crippen LogP contribution < -0.4 is 0 Å². The third-order valence-corrected chi connectivity index (χ3v) is 6.01. The zero-order chi connectivity index (χ0) is 13.9. The van der Waals surface area contributed by atoms with E-state index in [1.54, 1.807) is 6.07 Å². The summed E-state index contributed by atoms with van der Waals surface area (Å²) in [5.41, 5.74) is 2.43. The average molecular weight is 268 g/mol. The monoisotopic (exact) mass is 268 g/mol. The quantitative estimate of drug-likeness (QED) is 0.775. The molecule has 4 rings (SSSR count). The Kier molecular flexibility index (Phi) is 2.42. The molecule has 0 heterocycles. The Hall–Kier alpha value is -1.57. The van der Waals surface area contributed by atoms with Gasteiger partial charge in [-0.2, -0.15) is 0 Å². The highest BCUT2D eigenvalue weighted by Gasteiger charge is 2.53. The zero-order valence-corrected chi connectivity index (χ0v) is 11.8. The minimum absolute atomic E-state index is 0.0834. The average Bonchev–Trinajstić information content (AvgIpc) is 2.74. The number of carbonyl (C=O) groups excluding carboxylic acids is 1. The number of benzene rings is 1. The molecule has 3 aliphatic rings. The SMILES string of the molecule is C[C@@]12CC[C@H]3c4ccc(O)cc4C=C[C@@H]3[C@@H]1CCC2=O. The molecule has 0 saturated heterocycles. The lowest BCUT2D eigenvalue weighted by Gasteiger charge is -2.46. The Morgan fingerprint density at radius 1 is 1.30 bits per heavy atom. The van der Waals surface area contributed by atoms with Gasteiger partial charge in [0, 0.05) is 11.8 Å². The minimum atomic E-state index is -0.0834. The summed E-state index contributed by atoms with van der Waals surface area (Å²) < 4.78 is 0. The van der Waals surface area contributed by atoms with Gasteiger partial charge in [-0.25, -0.2) is 0 Å². The molecule has 0 spiro atoms. The van der Waals surface area contributed by atoms with Crippen LogP contribution in [0.25, 0.3) is 6.08 Å². The maximum absolute atomic E-state index is 12.2. The molecule has 0 aliphatic heterocycles. The second kappa shape index (κ2) is 3.97. The van der Waals surface area contributed by atoms with Crippen LogP contribution in [0.3, 0.4) is 0 Å². The summed E-state index contributed by atoms with van der Waals surface area (Å²) in [4.78, 5) is 12.2. The molecule has 2 fully saturated rings. The maximum Gasteiger partial charge on any atom is 0.139 e. The molecular formula is C18H20O2. The summed E-state index contributed by atoms with van der Waals surface area (Å²) in [6.45, 7) is 2.18. The number of Topliss-reactive ketones (excluding diaryl/α,β-unsaturated/α-hetero) is 1. The van der Waals surface area contributed by atoms with E-state index in [1.807, 2.05) is 6.07 Å². The van der Waals surface area contributed by atoms with Crippen molar-refractivity contribution in [3.63, 3.8) is 0 Å². The van der Waals surface area contributed by atoms with Gasteiger partial charge in [-0.3, -0.25) is 4.79 Å². The van der Waals surface area contributed by atoms with Gasteiger partial charge in [0.15, 0.2) is 0 Å². The van der Waals surface area contributed by atoms with Gasteiger partial charge in [0.05, 0.1) is 0 Å². The highest BCUT2D eigenvalue weighted by molar-refractivity contribution is 5.87. The molecule has 4 atom stereocenters. The van der Waals surface area contributed by atoms with Gasteiger partial charge in [0.2, 0.25) is 0 Å². The predicted molar refractivity (Wildman–Crippen MR) is 78.4 cm³/mol. The van der Waals surface area contributed by atoms with Crippen LogP contribution in [0, 0.1) is 17.3 Å². The van der Waals surface area contributed by atoms with E-state index in [4.69, 9.17) is 0 Å². The molecule has 1 aromatic rings. The van der Waals surface area contributed by atoms with Crippen LogP contribution in [-0.4, -0.2) is 10.9 Å². The zero-order valence-electron chi connectivity index (χ0n) is 11.8. The van der Waals surface area contributed by atoms with E-state index < -0.39 is 0 Å². The molecule has 0 amide bonds. The first-order valence-corrected chi connectivity index (χ1v) is 7.64. The molecule has 0 aromatic heterocycles. The first kappa shape index (κ1) is 12.2. The molecule has 3 aliphatic carbocycles. The van der Waals surface area contributed by atoms with E-state index >= 15 is 0 Å². The fourth-order valence-corrected chi connectivity index (χ4v) is 4.86. The lowest BCUT2D eigenvalue weighted by molar-refractivity contribution is -0.128. The number of fused-ring (bicyclic) bond motifs is 5. The van der Waals surface area contributed by atoms with E-state index in [-0.39, 0.29) is 5.41 Å². The van der Waals surface area contributed by atoms with Gasteiger partial charge in [-0.1, -0.05) is 25.1 Å². The van der Waals surface area contributed by atoms with Crippen molar-refractivity contribution >= 4 is 11.9 Å². The van der Waals surface area contributed by atoms with Gasteiger partial charge in [-0.05, 0) is 60.3 Å². The number of rotatable bonds is 0. The number of allylic oxidation sites excluding steroid dienone is 1. The Labute approximate surface area is 119 Å². The van der Waals surface area contributed by atoms with E-state index in [1.165, 1.54) is 5.56 Å². The van der Waals surface area contributed by atoms with Crippen LogP contribution in [0.1, 0.15) is 49.7 Å². The smallest absolute Gasteiger partial charge is 0.139 e. The van der Waals surface area contributed by atoms with Crippen molar-refractivity contribution in [2.75, 3.05) is 0 Å². The van der Waals surface area contributed by atoms with Crippen molar-refractivity contribution in [3.8, 4) is 5.75 Å². The van der Waals surface area contributed by atoms with Crippen LogP contribution in [0.15, 0.2) is 24.3 Å². The molecule has 1 aromatic carbocycles. The van der Waals surface area contributed by atoms with E-state index in [2.05, 4.69) is 25.1 Å². The van der Waals surface area contributed by atoms with Crippen LogP contribution in [0.4, 0.5) is 0 Å². The van der Waals surface area contributed by atoms with Gasteiger partial charge >= 0.3 is 0 Å². The normalized spacial score (nSPS) is 38.2. The molecule has 2 saturated carbocycles. The largest absolute Gasteiger partial charge is 0.508 e. The van der Waals surface area contributed by atoms with Gasteiger partial charge < -0.3 is 5.11 Å². The second-order valence-electron chi connectivity index (χ2n) is 6.88. The lowest BCUT2D eigenvalue weighted by Crippen LogP contribution is -2.40. The lowest BCUT2D eigenvalue weighted by atomic mass is 9.57. The van der Waals surface area contributed by atoms with Crippen LogP contribution in [0.2, 0.25) is 0 Å². The fourth-order valence-electron chi connectivity index (χ4n) is 4.86. The number of hydrogen-bond acceptors (Lipinski definition) is 2. The van der Waals surface area contributed by atoms with Crippen molar-refractivity contribution < 1.29 is 9.90 Å². The Morgan fingerprint density at radius 2 is 2.15 bits per heavy atom. The minimum Gasteiger partial charge on any atom is -0.508 e. The number of hydrogen-bond donors (Lipinski definition) is 1. The topological polar surface area (TPSA) is 37.3 Å². The standard InChI is InChI=1S/C18H20O2/c1-18-9-8-14-13-5-3-12(19)10-11(13)2-4-15(14)16(18)6-7-17(18)20/h2-5,10,14-16,19H,6-9H2,1H3/t14-,15-,16-,18+/m0/s1. The summed E-state index contributed by atoms with van der Waals surface area (Å²) >= 11 is 0. The van der Waals surface area contributed by atoms with Gasteiger partial charge in [-0.15, -0.1) is 0 Å². The van der Waals surface area contributed by atoms with Crippen LogP contribution in [0.5, 0.6) is 5.75 Å². The first-order chi connectivity index (χ1) is 9.59. The van der Waals surface area contributed by atoms with Crippen molar-refractivity contribution in [1.29, 1.82) is 0 Å². The van der Waals surface area contributed by atoms with E-state index in [9.17, 15) is 9.90 Å². The van der Waals surface area contributed by atoms with Crippen molar-refractivity contribution in [2.45, 2.75) is 38.5 Å². The number of aromatic hydroxyl groups is 1. The van der Waals surface area contributed by atoms with Gasteiger partial charge in [0.1, 0.15) is 11.5 Å². The summed E-state index contributed by atoms with van der Waals surface area (Å²) in [6.07, 6.45) is 8.37. The molecule has 104 valence electrons. The van der Waals surface area contributed by atoms with Crippen molar-refractivity contribution in [3.05, 3.63) is 35.4 Å². The summed E-state index contributed by atoms with van der Waals surface area (Å²) in [7, 11) is 0. The van der Waals surface area contributed by atoms with E-state index in [0.29, 0.717) is 29.3 Å². The predicted octanol–water partition coefficient (Wildman–Crippen LogP) is 3.90. The Bertz CT molecular complexity index is 616. The number of phenolic OH excluding ortho intramolecular Hbond substituents is 1. The van der Waals surface area contributed by atoms with Gasteiger partial charge in [0.25, 0.3) is 0 Å². The molecule has 2 heteroatoms. The molecule has 2 nitrogen and oxygen atoms in total. The fraction of sp³-hybridized carbons (Fsp3) is 0.500. The summed E-state index contributed by atoms with van der Waals surface area (Å²) in [6, 6.07) is 5.73. The molecular weight excluding hydrogens is 248 g/mol. The van der Waals surface area contributed by atoms with Crippen LogP contribution in [-0.2, 0) is 4.79 Å². The summed E-state index contributed by atoms with van der Waals surface area (Å²) in [5, 5.41) is 9.63. The molecule has 20 heavy (non-hydrogen) atoms.